The molecule has 0 heterocycles. The number of nitrogens with zero attached hydrogens (tertiary/aromatic N) is 1. The molecule has 2 atom stereocenters. The monoisotopic (exact) mass is 891 g/mol. The third kappa shape index (κ3) is 47.3. The van der Waals surface area contributed by atoms with Gasteiger partial charge in [-0.15, -0.1) is 0 Å². The number of carbonyl (C=O) groups excluding carboxylic acids is 2. The van der Waals surface area contributed by atoms with Gasteiger partial charge in [0.05, 0.1) is 34.4 Å². The summed E-state index contributed by atoms with van der Waals surface area (Å²) in [6.07, 6.45) is 50.6. The van der Waals surface area contributed by atoms with Gasteiger partial charge < -0.3 is 28.5 Å². The second kappa shape index (κ2) is 46.1. The summed E-state index contributed by atoms with van der Waals surface area (Å²) in [5.74, 6) is -2.01. The van der Waals surface area contributed by atoms with Gasteiger partial charge in [-0.25, -0.2) is 4.79 Å². The molecule has 0 aliphatic rings. The van der Waals surface area contributed by atoms with Gasteiger partial charge in [-0.1, -0.05) is 185 Å². The molecule has 0 saturated heterocycles. The van der Waals surface area contributed by atoms with E-state index in [1.165, 1.54) is 148 Å². The van der Waals surface area contributed by atoms with Crippen molar-refractivity contribution in [1.82, 2.24) is 0 Å². The van der Waals surface area contributed by atoms with Crippen LogP contribution in [0.2, 0.25) is 0 Å². The largest absolute Gasteiger partial charge is 0.477 e. The summed E-state index contributed by atoms with van der Waals surface area (Å²) in [6.45, 7) is 4.86. The van der Waals surface area contributed by atoms with Crippen molar-refractivity contribution in [1.29, 1.82) is 0 Å². The Balaban J connectivity index is 4.32. The molecule has 2 unspecified atom stereocenters. The second-order valence-electron chi connectivity index (χ2n) is 18.8. The van der Waals surface area contributed by atoms with Crippen molar-refractivity contribution >= 4 is 17.9 Å². The van der Waals surface area contributed by atoms with Crippen molar-refractivity contribution in [2.75, 3.05) is 47.5 Å². The van der Waals surface area contributed by atoms with Crippen molar-refractivity contribution in [2.24, 2.45) is 0 Å². The number of rotatable bonds is 48. The Kier molecular flexibility index (Phi) is 44.2. The molecule has 0 radical (unpaired) electrons. The average molecular weight is 891 g/mol. The Hall–Kier alpha value is -2.49. The van der Waals surface area contributed by atoms with E-state index in [0.717, 1.165) is 51.4 Å². The predicted molar refractivity (Wildman–Crippen MR) is 263 cm³/mol. The number of carboxylic acid groups (broad SMARTS) is 1. The molecule has 0 aliphatic carbocycles. The van der Waals surface area contributed by atoms with Gasteiger partial charge >= 0.3 is 17.9 Å². The van der Waals surface area contributed by atoms with Crippen LogP contribution < -0.4 is 0 Å². The molecule has 9 nitrogen and oxygen atoms in total. The molecule has 1 N–H and O–H groups in total. The van der Waals surface area contributed by atoms with Crippen LogP contribution in [0.4, 0.5) is 0 Å². The molecular weight excluding hydrogens is 791 g/mol. The first-order valence-corrected chi connectivity index (χ1v) is 26.2. The van der Waals surface area contributed by atoms with E-state index < -0.39 is 24.3 Å². The van der Waals surface area contributed by atoms with E-state index in [9.17, 15) is 19.5 Å². The third-order valence-corrected chi connectivity index (χ3v) is 11.4. The standard InChI is InChI=1S/C54H99NO8/c1-6-8-10-12-14-16-18-20-22-24-25-26-27-29-30-32-34-36-38-40-42-44-51(56)61-48-50(49-62-54(53(58)59)60-47-46-55(3,4)5)63-52(57)45-43-41-39-37-35-33-31-28-23-21-19-17-15-13-11-9-7-2/h15,17,21,23-25,50,54H,6-14,16,18-20,22,26-49H2,1-5H3/p+1/b17-15-,23-21-,25-24-. The molecule has 0 aliphatic heterocycles. The Morgan fingerprint density at radius 1 is 0.476 bits per heavy atom. The number of hydrogen-bond acceptors (Lipinski definition) is 7. The molecule has 0 aromatic carbocycles. The molecule has 0 fully saturated rings. The molecule has 0 aromatic heterocycles. The zero-order valence-corrected chi connectivity index (χ0v) is 41.7. The van der Waals surface area contributed by atoms with Gasteiger partial charge in [0, 0.05) is 12.8 Å². The van der Waals surface area contributed by atoms with Crippen LogP contribution in [-0.2, 0) is 33.3 Å². The third-order valence-electron chi connectivity index (χ3n) is 11.4. The lowest BCUT2D eigenvalue weighted by Crippen LogP contribution is -2.40. The fraction of sp³-hybridized carbons (Fsp3) is 0.833. The van der Waals surface area contributed by atoms with E-state index in [0.29, 0.717) is 23.9 Å². The molecule has 0 amide bonds. The Bertz CT molecular complexity index is 1130. The molecule has 0 aromatic rings. The SMILES string of the molecule is CCCCC/C=C\C/C=C\CCCCCCCCCC(=O)OC(COC(=O)CCCCCCCCCCC/C=C\CCCCCCCCCC)COC(OCC[N+](C)(C)C)C(=O)O. The molecule has 0 spiro atoms. The number of carbonyl (C=O) groups is 3. The summed E-state index contributed by atoms with van der Waals surface area (Å²) >= 11 is 0. The first-order valence-electron chi connectivity index (χ1n) is 26.2. The maximum Gasteiger partial charge on any atom is 0.361 e. The molecule has 9 heteroatoms. The quantitative estimate of drug-likeness (QED) is 0.0212. The summed E-state index contributed by atoms with van der Waals surface area (Å²) in [6, 6.07) is 0. The minimum absolute atomic E-state index is 0.185. The Morgan fingerprint density at radius 2 is 0.857 bits per heavy atom. The van der Waals surface area contributed by atoms with Gasteiger partial charge in [0.25, 0.3) is 6.29 Å². The van der Waals surface area contributed by atoms with Gasteiger partial charge in [-0.3, -0.25) is 9.59 Å². The molecule has 0 bridgehead atoms. The molecule has 0 rings (SSSR count). The van der Waals surface area contributed by atoms with Gasteiger partial charge in [0.15, 0.2) is 6.10 Å². The van der Waals surface area contributed by atoms with Crippen molar-refractivity contribution in [3.05, 3.63) is 36.5 Å². The maximum absolute atomic E-state index is 12.8. The van der Waals surface area contributed by atoms with E-state index in [1.54, 1.807) is 0 Å². The van der Waals surface area contributed by atoms with Gasteiger partial charge in [-0.05, 0) is 70.6 Å². The van der Waals surface area contributed by atoms with Crippen LogP contribution in [0, 0.1) is 0 Å². The smallest absolute Gasteiger partial charge is 0.361 e. The summed E-state index contributed by atoms with van der Waals surface area (Å²) in [4.78, 5) is 37.3. The Morgan fingerprint density at radius 3 is 1.30 bits per heavy atom. The van der Waals surface area contributed by atoms with Crippen LogP contribution >= 0.6 is 0 Å². The topological polar surface area (TPSA) is 108 Å². The van der Waals surface area contributed by atoms with Crippen LogP contribution in [0.15, 0.2) is 36.5 Å². The van der Waals surface area contributed by atoms with E-state index in [1.807, 2.05) is 21.1 Å². The maximum atomic E-state index is 12.8. The number of ether oxygens (including phenoxy) is 4. The highest BCUT2D eigenvalue weighted by Crippen LogP contribution is 2.15. The zero-order valence-electron chi connectivity index (χ0n) is 41.7. The predicted octanol–water partition coefficient (Wildman–Crippen LogP) is 14.6. The number of esters is 2. The molecule has 368 valence electrons. The van der Waals surface area contributed by atoms with E-state index in [-0.39, 0.29) is 32.2 Å². The fourth-order valence-corrected chi connectivity index (χ4v) is 7.27. The lowest BCUT2D eigenvalue weighted by atomic mass is 10.1. The number of allylic oxidation sites excluding steroid dienone is 6. The normalized spacial score (nSPS) is 13.1. The van der Waals surface area contributed by atoms with E-state index >= 15 is 0 Å². The first-order chi connectivity index (χ1) is 30.6. The highest BCUT2D eigenvalue weighted by molar-refractivity contribution is 5.71. The summed E-state index contributed by atoms with van der Waals surface area (Å²) in [5.41, 5.74) is 0. The molecule has 0 saturated carbocycles. The number of unbranched alkanes of at least 4 members (excludes halogenated alkanes) is 27. The summed E-state index contributed by atoms with van der Waals surface area (Å²) in [7, 11) is 5.96. The summed E-state index contributed by atoms with van der Waals surface area (Å²) in [5, 5.41) is 9.67. The highest BCUT2D eigenvalue weighted by atomic mass is 16.7. The van der Waals surface area contributed by atoms with Crippen LogP contribution in [0.5, 0.6) is 0 Å². The van der Waals surface area contributed by atoms with Gasteiger partial charge in [-0.2, -0.15) is 0 Å². The van der Waals surface area contributed by atoms with Crippen LogP contribution in [0.1, 0.15) is 232 Å². The minimum atomic E-state index is -1.51. The van der Waals surface area contributed by atoms with Crippen molar-refractivity contribution in [3.8, 4) is 0 Å². The number of likely N-dealkylation sites (N-methyl/N-ethyl adjacent to an activating group) is 1. The van der Waals surface area contributed by atoms with Crippen LogP contribution in [0.3, 0.4) is 0 Å². The number of quaternary nitrogens is 1. The number of hydrogen-bond donors (Lipinski definition) is 1. The lowest BCUT2D eigenvalue weighted by molar-refractivity contribution is -0.870. The van der Waals surface area contributed by atoms with Crippen molar-refractivity contribution in [3.63, 3.8) is 0 Å². The highest BCUT2D eigenvalue weighted by Gasteiger charge is 2.25. The molecule has 63 heavy (non-hydrogen) atoms. The number of carboxylic acids is 1. The van der Waals surface area contributed by atoms with Crippen LogP contribution in [-0.4, -0.2) is 87.4 Å². The van der Waals surface area contributed by atoms with Gasteiger partial charge in [0.1, 0.15) is 13.2 Å². The van der Waals surface area contributed by atoms with E-state index in [2.05, 4.69) is 50.3 Å². The van der Waals surface area contributed by atoms with Gasteiger partial charge in [0.2, 0.25) is 0 Å². The lowest BCUT2D eigenvalue weighted by Gasteiger charge is -2.25. The van der Waals surface area contributed by atoms with E-state index in [4.69, 9.17) is 18.9 Å². The van der Waals surface area contributed by atoms with Crippen LogP contribution in [0.25, 0.3) is 0 Å². The average Bonchev–Trinajstić information content (AvgIpc) is 3.24. The fourth-order valence-electron chi connectivity index (χ4n) is 7.27. The molecular formula is C54H100NO8+. The first kappa shape index (κ1) is 60.5. The zero-order chi connectivity index (χ0) is 46.3. The Labute approximate surface area is 388 Å². The summed E-state index contributed by atoms with van der Waals surface area (Å²) < 4.78 is 22.8. The second-order valence-corrected chi connectivity index (χ2v) is 18.8. The number of aliphatic carboxylic acids is 1. The minimum Gasteiger partial charge on any atom is -0.477 e. The van der Waals surface area contributed by atoms with Crippen molar-refractivity contribution in [2.45, 2.75) is 245 Å². The van der Waals surface area contributed by atoms with Crippen molar-refractivity contribution < 1.29 is 42.9 Å².